The van der Waals surface area contributed by atoms with E-state index in [1.165, 1.54) is 7.11 Å². The van der Waals surface area contributed by atoms with E-state index in [1.807, 2.05) is 13.8 Å². The molecular formula is C12H19N3O2. The summed E-state index contributed by atoms with van der Waals surface area (Å²) in [5, 5.41) is 3.19. The molecule has 0 saturated carbocycles. The standard InChI is InChI=1S/C12H19N3O2/c1-8-10(14-7-6-13-8)9(2)15-12(3,4)11(16)17-5/h6-7,9,15H,1-5H3. The number of nitrogens with one attached hydrogen (secondary N) is 1. The first-order valence-electron chi connectivity index (χ1n) is 5.52. The Morgan fingerprint density at radius 3 is 2.53 bits per heavy atom. The maximum absolute atomic E-state index is 11.6. The molecule has 1 rings (SSSR count). The van der Waals surface area contributed by atoms with Crippen LogP contribution in [0.4, 0.5) is 0 Å². The Balaban J connectivity index is 2.83. The highest BCUT2D eigenvalue weighted by Gasteiger charge is 2.30. The first-order chi connectivity index (χ1) is 7.88. The van der Waals surface area contributed by atoms with Gasteiger partial charge >= 0.3 is 5.97 Å². The molecule has 1 heterocycles. The Morgan fingerprint density at radius 1 is 1.41 bits per heavy atom. The maximum atomic E-state index is 11.6. The second kappa shape index (κ2) is 5.23. The number of aryl methyl sites for hydroxylation is 1. The van der Waals surface area contributed by atoms with Gasteiger partial charge in [0.15, 0.2) is 0 Å². The lowest BCUT2D eigenvalue weighted by Crippen LogP contribution is -2.48. The second-order valence-electron chi connectivity index (χ2n) is 4.51. The van der Waals surface area contributed by atoms with Crippen molar-refractivity contribution in [3.8, 4) is 0 Å². The molecule has 5 nitrogen and oxygen atoms in total. The molecular weight excluding hydrogens is 218 g/mol. The monoisotopic (exact) mass is 237 g/mol. The molecule has 17 heavy (non-hydrogen) atoms. The Kier molecular flexibility index (Phi) is 4.17. The molecule has 1 unspecified atom stereocenters. The zero-order valence-electron chi connectivity index (χ0n) is 10.9. The molecule has 0 bridgehead atoms. The summed E-state index contributed by atoms with van der Waals surface area (Å²) in [7, 11) is 1.38. The van der Waals surface area contributed by atoms with Crippen molar-refractivity contribution in [1.82, 2.24) is 15.3 Å². The molecule has 0 spiro atoms. The second-order valence-corrected chi connectivity index (χ2v) is 4.51. The summed E-state index contributed by atoms with van der Waals surface area (Å²) in [5.41, 5.74) is 0.940. The van der Waals surface area contributed by atoms with Gasteiger partial charge in [-0.3, -0.25) is 20.1 Å². The van der Waals surface area contributed by atoms with Gasteiger partial charge in [0.1, 0.15) is 5.54 Å². The highest BCUT2D eigenvalue weighted by atomic mass is 16.5. The summed E-state index contributed by atoms with van der Waals surface area (Å²) in [5.74, 6) is -0.300. The van der Waals surface area contributed by atoms with E-state index < -0.39 is 5.54 Å². The molecule has 0 aromatic carbocycles. The molecule has 1 N–H and O–H groups in total. The Labute approximate surface area is 102 Å². The fourth-order valence-electron chi connectivity index (χ4n) is 1.77. The Morgan fingerprint density at radius 2 is 2.00 bits per heavy atom. The highest BCUT2D eigenvalue weighted by molar-refractivity contribution is 5.79. The molecule has 94 valence electrons. The zero-order valence-corrected chi connectivity index (χ0v) is 10.9. The summed E-state index contributed by atoms with van der Waals surface area (Å²) in [6.07, 6.45) is 3.29. The van der Waals surface area contributed by atoms with Gasteiger partial charge in [0.25, 0.3) is 0 Å². The largest absolute Gasteiger partial charge is 0.468 e. The number of hydrogen-bond donors (Lipinski definition) is 1. The molecule has 0 saturated heterocycles. The molecule has 0 fully saturated rings. The lowest BCUT2D eigenvalue weighted by atomic mass is 10.0. The van der Waals surface area contributed by atoms with Gasteiger partial charge in [-0.25, -0.2) is 0 Å². The van der Waals surface area contributed by atoms with Gasteiger partial charge in [0.05, 0.1) is 18.5 Å². The van der Waals surface area contributed by atoms with Gasteiger partial charge in [-0.15, -0.1) is 0 Å². The van der Waals surface area contributed by atoms with Crippen LogP contribution < -0.4 is 5.32 Å². The van der Waals surface area contributed by atoms with Gasteiger partial charge in [-0.1, -0.05) is 0 Å². The number of carbonyl (C=O) groups excluding carboxylic acids is 1. The normalized spacial score (nSPS) is 13.2. The topological polar surface area (TPSA) is 64.1 Å². The van der Waals surface area contributed by atoms with Gasteiger partial charge in [0, 0.05) is 18.4 Å². The van der Waals surface area contributed by atoms with Crippen LogP contribution in [0.15, 0.2) is 12.4 Å². The van der Waals surface area contributed by atoms with Crippen molar-refractivity contribution in [2.24, 2.45) is 0 Å². The van der Waals surface area contributed by atoms with E-state index in [9.17, 15) is 4.79 Å². The molecule has 0 radical (unpaired) electrons. The van der Waals surface area contributed by atoms with Gasteiger partial charge < -0.3 is 4.74 Å². The number of hydrogen-bond acceptors (Lipinski definition) is 5. The van der Waals surface area contributed by atoms with Crippen molar-refractivity contribution in [2.75, 3.05) is 7.11 Å². The van der Waals surface area contributed by atoms with E-state index in [0.717, 1.165) is 11.4 Å². The predicted molar refractivity (Wildman–Crippen MR) is 64.4 cm³/mol. The first-order valence-corrected chi connectivity index (χ1v) is 5.52. The molecule has 0 aliphatic carbocycles. The predicted octanol–water partition coefficient (Wildman–Crippen LogP) is 1.39. The number of methoxy groups -OCH3 is 1. The summed E-state index contributed by atoms with van der Waals surface area (Å²) < 4.78 is 4.74. The van der Waals surface area contributed by atoms with Gasteiger partial charge in [0.2, 0.25) is 0 Å². The molecule has 0 aliphatic rings. The number of esters is 1. The maximum Gasteiger partial charge on any atom is 0.325 e. The average Bonchev–Trinajstić information content (AvgIpc) is 2.27. The van der Waals surface area contributed by atoms with E-state index in [-0.39, 0.29) is 12.0 Å². The van der Waals surface area contributed by atoms with Crippen LogP contribution in [-0.2, 0) is 9.53 Å². The van der Waals surface area contributed by atoms with Crippen molar-refractivity contribution < 1.29 is 9.53 Å². The minimum atomic E-state index is -0.752. The lowest BCUT2D eigenvalue weighted by Gasteiger charge is -2.27. The van der Waals surface area contributed by atoms with Crippen LogP contribution in [0.25, 0.3) is 0 Å². The minimum Gasteiger partial charge on any atom is -0.468 e. The van der Waals surface area contributed by atoms with Crippen molar-refractivity contribution in [3.05, 3.63) is 23.8 Å². The van der Waals surface area contributed by atoms with Crippen molar-refractivity contribution in [3.63, 3.8) is 0 Å². The molecule has 0 amide bonds. The molecule has 0 aliphatic heterocycles. The fourth-order valence-corrected chi connectivity index (χ4v) is 1.77. The number of nitrogens with zero attached hydrogens (tertiary/aromatic N) is 2. The van der Waals surface area contributed by atoms with E-state index in [2.05, 4.69) is 15.3 Å². The quantitative estimate of drug-likeness (QED) is 0.802. The smallest absolute Gasteiger partial charge is 0.325 e. The van der Waals surface area contributed by atoms with E-state index in [4.69, 9.17) is 4.74 Å². The van der Waals surface area contributed by atoms with Crippen LogP contribution in [-0.4, -0.2) is 28.6 Å². The molecule has 1 aromatic rings. The third-order valence-corrected chi connectivity index (χ3v) is 2.60. The first kappa shape index (κ1) is 13.6. The summed E-state index contributed by atoms with van der Waals surface area (Å²) in [6, 6.07) is -0.0715. The summed E-state index contributed by atoms with van der Waals surface area (Å²) in [6.45, 7) is 7.40. The van der Waals surface area contributed by atoms with Crippen LogP contribution >= 0.6 is 0 Å². The number of carbonyl (C=O) groups is 1. The van der Waals surface area contributed by atoms with Gasteiger partial charge in [-0.05, 0) is 27.7 Å². The summed E-state index contributed by atoms with van der Waals surface area (Å²) in [4.78, 5) is 20.0. The Hall–Kier alpha value is -1.49. The fraction of sp³-hybridized carbons (Fsp3) is 0.583. The minimum absolute atomic E-state index is 0.0715. The van der Waals surface area contributed by atoms with E-state index in [1.54, 1.807) is 26.2 Å². The Bertz CT molecular complexity index is 404. The van der Waals surface area contributed by atoms with Crippen LogP contribution in [0.5, 0.6) is 0 Å². The SMILES string of the molecule is COC(=O)C(C)(C)NC(C)c1nccnc1C. The zero-order chi connectivity index (χ0) is 13.1. The van der Waals surface area contributed by atoms with Gasteiger partial charge in [-0.2, -0.15) is 0 Å². The van der Waals surface area contributed by atoms with Crippen LogP contribution in [0.3, 0.4) is 0 Å². The third kappa shape index (κ3) is 3.23. The van der Waals surface area contributed by atoms with Crippen LogP contribution in [0.2, 0.25) is 0 Å². The van der Waals surface area contributed by atoms with Crippen LogP contribution in [0, 0.1) is 6.92 Å². The van der Waals surface area contributed by atoms with Crippen molar-refractivity contribution in [2.45, 2.75) is 39.3 Å². The number of aromatic nitrogens is 2. The van der Waals surface area contributed by atoms with Crippen LogP contribution in [0.1, 0.15) is 38.2 Å². The third-order valence-electron chi connectivity index (χ3n) is 2.60. The molecule has 5 heteroatoms. The highest BCUT2D eigenvalue weighted by Crippen LogP contribution is 2.17. The van der Waals surface area contributed by atoms with Crippen molar-refractivity contribution >= 4 is 5.97 Å². The molecule has 1 aromatic heterocycles. The number of rotatable bonds is 4. The van der Waals surface area contributed by atoms with E-state index >= 15 is 0 Å². The summed E-state index contributed by atoms with van der Waals surface area (Å²) >= 11 is 0. The van der Waals surface area contributed by atoms with Crippen molar-refractivity contribution in [1.29, 1.82) is 0 Å². The van der Waals surface area contributed by atoms with E-state index in [0.29, 0.717) is 0 Å². The molecule has 1 atom stereocenters. The number of ether oxygens (including phenoxy) is 1. The lowest BCUT2D eigenvalue weighted by molar-refractivity contribution is -0.147. The average molecular weight is 237 g/mol.